The van der Waals surface area contributed by atoms with E-state index in [4.69, 9.17) is 10.7 Å². The summed E-state index contributed by atoms with van der Waals surface area (Å²) >= 11 is 0. The summed E-state index contributed by atoms with van der Waals surface area (Å²) in [6.45, 7) is 11.8. The monoisotopic (exact) mass is 786 g/mol. The Morgan fingerprint density at radius 1 is 0.475 bits per heavy atom. The van der Waals surface area contributed by atoms with Gasteiger partial charge in [-0.05, 0) is 115 Å². The van der Waals surface area contributed by atoms with E-state index in [9.17, 15) is 0 Å². The van der Waals surface area contributed by atoms with E-state index in [0.717, 1.165) is 5.56 Å². The minimum absolute atomic E-state index is 0.0512. The van der Waals surface area contributed by atoms with Crippen LogP contribution in [0.3, 0.4) is 0 Å². The fourth-order valence-electron chi connectivity index (χ4n) is 10.5. The molecular weight excluding hydrogens is 737 g/mol. The summed E-state index contributed by atoms with van der Waals surface area (Å²) in [7, 11) is 0. The molecule has 3 aliphatic rings. The van der Waals surface area contributed by atoms with E-state index in [2.05, 4.69) is 217 Å². The van der Waals surface area contributed by atoms with Gasteiger partial charge in [0.15, 0.2) is 0 Å². The van der Waals surface area contributed by atoms with Crippen molar-refractivity contribution in [3.8, 4) is 33.4 Å². The lowest BCUT2D eigenvalue weighted by Crippen LogP contribution is -2.27. The fourth-order valence-corrected chi connectivity index (χ4v) is 10.5. The molecule has 2 N–H and O–H groups in total. The molecule has 8 aromatic carbocycles. The van der Waals surface area contributed by atoms with E-state index < -0.39 is 5.41 Å². The molecule has 2 heteroatoms. The highest BCUT2D eigenvalue weighted by molar-refractivity contribution is 6.08. The van der Waals surface area contributed by atoms with Crippen LogP contribution in [0.25, 0.3) is 39.0 Å². The van der Waals surface area contributed by atoms with Crippen molar-refractivity contribution < 1.29 is 0 Å². The molecule has 296 valence electrons. The zero-order valence-corrected chi connectivity index (χ0v) is 35.6. The average Bonchev–Trinajstić information content (AvgIpc) is 3.84. The van der Waals surface area contributed by atoms with Crippen LogP contribution in [0.1, 0.15) is 82.0 Å². The summed E-state index contributed by atoms with van der Waals surface area (Å²) in [5, 5.41) is 0. The molecule has 2 nitrogen and oxygen atoms in total. The minimum atomic E-state index is -0.406. The van der Waals surface area contributed by atoms with Crippen LogP contribution in [0.2, 0.25) is 0 Å². The Hall–Kier alpha value is -7.03. The number of benzene rings is 8. The van der Waals surface area contributed by atoms with E-state index >= 15 is 0 Å². The van der Waals surface area contributed by atoms with Crippen LogP contribution in [-0.2, 0) is 17.4 Å². The van der Waals surface area contributed by atoms with Gasteiger partial charge >= 0.3 is 0 Å². The van der Waals surface area contributed by atoms with Gasteiger partial charge in [0.2, 0.25) is 0 Å². The van der Waals surface area contributed by atoms with Gasteiger partial charge in [-0.1, -0.05) is 207 Å². The second-order valence-electron chi connectivity index (χ2n) is 17.4. The summed E-state index contributed by atoms with van der Waals surface area (Å²) in [4.78, 5) is 5.12. The molecular formula is C59H50N2. The number of allylic oxidation sites excluding steroid dienone is 1. The first-order valence-electron chi connectivity index (χ1n) is 21.5. The van der Waals surface area contributed by atoms with Crippen LogP contribution in [0.4, 0.5) is 0 Å². The predicted molar refractivity (Wildman–Crippen MR) is 256 cm³/mol. The first-order valence-corrected chi connectivity index (χ1v) is 21.5. The Morgan fingerprint density at radius 3 is 1.66 bits per heavy atom. The van der Waals surface area contributed by atoms with E-state index in [1.807, 2.05) is 6.07 Å². The van der Waals surface area contributed by atoms with Crippen molar-refractivity contribution in [2.24, 2.45) is 10.7 Å². The number of fused-ring (bicyclic) bond motifs is 10. The molecule has 0 atom stereocenters. The van der Waals surface area contributed by atoms with Crippen molar-refractivity contribution in [2.75, 3.05) is 0 Å². The summed E-state index contributed by atoms with van der Waals surface area (Å²) in [5.74, 6) is 0.574. The van der Waals surface area contributed by atoms with Crippen LogP contribution in [-0.4, -0.2) is 5.84 Å². The molecule has 0 unspecified atom stereocenters. The number of hydrogen-bond acceptors (Lipinski definition) is 1. The molecule has 1 spiro atoms. The topological polar surface area (TPSA) is 38.4 Å². The molecule has 0 fully saturated rings. The van der Waals surface area contributed by atoms with Gasteiger partial charge in [-0.15, -0.1) is 0 Å². The molecule has 0 bridgehead atoms. The molecule has 0 aromatic heterocycles. The fraction of sp³-hybridized carbons (Fsp3) is 0.136. The van der Waals surface area contributed by atoms with Gasteiger partial charge in [0.1, 0.15) is 5.84 Å². The number of amidine groups is 1. The number of rotatable bonds is 5. The Bertz CT molecular complexity index is 3010. The molecule has 0 aliphatic heterocycles. The Balaban J connectivity index is 0.000000293. The number of hydrogen-bond donors (Lipinski definition) is 1. The van der Waals surface area contributed by atoms with Crippen molar-refractivity contribution in [3.63, 3.8) is 0 Å². The van der Waals surface area contributed by atoms with Gasteiger partial charge in [-0.25, -0.2) is 0 Å². The second kappa shape index (κ2) is 14.9. The molecule has 3 aliphatic carbocycles. The van der Waals surface area contributed by atoms with Crippen molar-refractivity contribution in [1.82, 2.24) is 0 Å². The average molecular weight is 787 g/mol. The van der Waals surface area contributed by atoms with Crippen molar-refractivity contribution >= 4 is 11.4 Å². The summed E-state index contributed by atoms with van der Waals surface area (Å²) in [5.41, 5.74) is 30.9. The number of nitrogens with zero attached hydrogens (tertiary/aromatic N) is 1. The van der Waals surface area contributed by atoms with Gasteiger partial charge in [-0.2, -0.15) is 0 Å². The maximum absolute atomic E-state index is 7.08. The van der Waals surface area contributed by atoms with Gasteiger partial charge in [0.05, 0.1) is 12.0 Å². The van der Waals surface area contributed by atoms with Crippen molar-refractivity contribution in [2.45, 2.75) is 52.0 Å². The standard InChI is InChI=1S/C46H38N2.C13H12/c1-28-14-5-6-15-31(28)42-29(2)46(38-21-11-8-17-33(38)34-18-9-12-22-39(34)46)40-23-13-19-36(43(40)42)44(47)48-27-30-24-25-35-32-16-7-10-20-37(32)45(3,4)41(35)26-30;1-11-7-9-13(10-8-11)12-5-3-2-4-6-12/h5-26H,27H2,1-4H3,(H2,47,48);2-10H,1H3. The Labute approximate surface area is 360 Å². The number of aryl methyl sites for hydroxylation is 2. The third kappa shape index (κ3) is 6.04. The van der Waals surface area contributed by atoms with Gasteiger partial charge in [-0.3, -0.25) is 4.99 Å². The van der Waals surface area contributed by atoms with E-state index in [1.165, 1.54) is 100 Å². The molecule has 8 aromatic rings. The van der Waals surface area contributed by atoms with Crippen molar-refractivity contribution in [3.05, 3.63) is 255 Å². The Morgan fingerprint density at radius 2 is 1.00 bits per heavy atom. The summed E-state index contributed by atoms with van der Waals surface area (Å²) in [6, 6.07) is 67.9. The first kappa shape index (κ1) is 38.2. The molecule has 0 saturated heterocycles. The molecule has 0 heterocycles. The third-order valence-corrected chi connectivity index (χ3v) is 13.5. The van der Waals surface area contributed by atoms with E-state index in [1.54, 1.807) is 0 Å². The SMILES string of the molecule is CC1=C(c2ccccc2C)c2c(C(N)=NCc3ccc4c(c3)C(C)(C)c3ccccc3-4)cccc2C12c1ccccc1-c1ccccc12.Cc1ccc(-c2ccccc2)cc1. The highest BCUT2D eigenvalue weighted by Gasteiger charge is 2.52. The zero-order chi connectivity index (χ0) is 41.9. The molecule has 0 amide bonds. The van der Waals surface area contributed by atoms with Crippen LogP contribution in [0, 0.1) is 13.8 Å². The van der Waals surface area contributed by atoms with Crippen LogP contribution in [0.5, 0.6) is 0 Å². The predicted octanol–water partition coefficient (Wildman–Crippen LogP) is 14.0. The molecule has 61 heavy (non-hydrogen) atoms. The lowest BCUT2D eigenvalue weighted by atomic mass is 9.70. The Kier molecular flexibility index (Phi) is 9.33. The van der Waals surface area contributed by atoms with E-state index in [-0.39, 0.29) is 5.41 Å². The quantitative estimate of drug-likeness (QED) is 0.137. The zero-order valence-electron chi connectivity index (χ0n) is 35.6. The first-order chi connectivity index (χ1) is 29.7. The van der Waals surface area contributed by atoms with Gasteiger partial charge in [0, 0.05) is 11.0 Å². The van der Waals surface area contributed by atoms with Gasteiger partial charge < -0.3 is 5.73 Å². The van der Waals surface area contributed by atoms with Crippen LogP contribution < -0.4 is 5.73 Å². The van der Waals surface area contributed by atoms with Crippen LogP contribution in [0.15, 0.2) is 199 Å². The number of nitrogens with two attached hydrogens (primary N) is 1. The number of aliphatic imine (C=N–C) groups is 1. The van der Waals surface area contributed by atoms with Gasteiger partial charge in [0.25, 0.3) is 0 Å². The highest BCUT2D eigenvalue weighted by Crippen LogP contribution is 2.63. The maximum Gasteiger partial charge on any atom is 0.126 e. The molecule has 11 rings (SSSR count). The molecule has 0 radical (unpaired) electrons. The van der Waals surface area contributed by atoms with Crippen LogP contribution >= 0.6 is 0 Å². The smallest absolute Gasteiger partial charge is 0.126 e. The largest absolute Gasteiger partial charge is 0.383 e. The third-order valence-electron chi connectivity index (χ3n) is 13.5. The molecule has 0 saturated carbocycles. The van der Waals surface area contributed by atoms with Crippen molar-refractivity contribution in [1.29, 1.82) is 0 Å². The lowest BCUT2D eigenvalue weighted by Gasteiger charge is -2.31. The summed E-state index contributed by atoms with van der Waals surface area (Å²) < 4.78 is 0. The normalized spacial score (nSPS) is 14.7. The lowest BCUT2D eigenvalue weighted by molar-refractivity contribution is 0.659. The maximum atomic E-state index is 7.08. The second-order valence-corrected chi connectivity index (χ2v) is 17.4. The minimum Gasteiger partial charge on any atom is -0.383 e. The van der Waals surface area contributed by atoms with E-state index in [0.29, 0.717) is 12.4 Å². The summed E-state index contributed by atoms with van der Waals surface area (Å²) in [6.07, 6.45) is 0. The highest BCUT2D eigenvalue weighted by atomic mass is 14.9.